The molecule has 0 radical (unpaired) electrons. The molecule has 0 amide bonds. The van der Waals surface area contributed by atoms with Gasteiger partial charge in [0.25, 0.3) is 0 Å². The second-order valence-electron chi connectivity index (χ2n) is 9.16. The summed E-state index contributed by atoms with van der Waals surface area (Å²) in [7, 11) is -1.78. The standard InChI is InChI=1S/C20H33NO2Si/c1-20(2,3)24(4,5)23-19-12-16-11-17(22)13-18(19)21(16)14-15-9-7-6-8-10-15/h6-10,16-19,22H,11-14H2,1-5H3/t16-,17+,18+,19?/m0/s1. The van der Waals surface area contributed by atoms with Crippen LogP contribution in [0, 0.1) is 0 Å². The summed E-state index contributed by atoms with van der Waals surface area (Å²) in [5, 5.41) is 10.5. The number of fused-ring (bicyclic) bond motifs is 2. The molecule has 2 saturated heterocycles. The lowest BCUT2D eigenvalue weighted by Gasteiger charge is -2.42. The van der Waals surface area contributed by atoms with Crippen LogP contribution in [0.4, 0.5) is 0 Å². The molecule has 2 heterocycles. The van der Waals surface area contributed by atoms with Gasteiger partial charge in [0.05, 0.1) is 12.2 Å². The van der Waals surface area contributed by atoms with Crippen molar-refractivity contribution in [2.24, 2.45) is 0 Å². The molecule has 2 aliphatic rings. The van der Waals surface area contributed by atoms with Crippen molar-refractivity contribution in [3.8, 4) is 0 Å². The highest BCUT2D eigenvalue weighted by atomic mass is 28.4. The van der Waals surface area contributed by atoms with Crippen molar-refractivity contribution in [3.63, 3.8) is 0 Å². The minimum Gasteiger partial charge on any atom is -0.412 e. The predicted molar refractivity (Wildman–Crippen MR) is 101 cm³/mol. The van der Waals surface area contributed by atoms with E-state index in [-0.39, 0.29) is 17.2 Å². The Morgan fingerprint density at radius 1 is 1.12 bits per heavy atom. The molecular formula is C20H33NO2Si. The summed E-state index contributed by atoms with van der Waals surface area (Å²) < 4.78 is 6.78. The van der Waals surface area contributed by atoms with E-state index in [1.165, 1.54) is 5.56 Å². The van der Waals surface area contributed by atoms with Crippen molar-refractivity contribution >= 4 is 8.32 Å². The highest BCUT2D eigenvalue weighted by Crippen LogP contribution is 2.43. The van der Waals surface area contributed by atoms with E-state index in [4.69, 9.17) is 4.43 Å². The van der Waals surface area contributed by atoms with Crippen molar-refractivity contribution in [1.29, 1.82) is 0 Å². The second kappa shape index (κ2) is 6.56. The summed E-state index contributed by atoms with van der Waals surface area (Å²) in [5.74, 6) is 0. The fourth-order valence-corrected chi connectivity index (χ4v) is 5.34. The Balaban J connectivity index is 1.76. The average Bonchev–Trinajstić information content (AvgIpc) is 2.66. The zero-order valence-electron chi connectivity index (χ0n) is 15.8. The van der Waals surface area contributed by atoms with Gasteiger partial charge in [-0.25, -0.2) is 0 Å². The first-order valence-corrected chi connectivity index (χ1v) is 12.2. The Kier molecular flexibility index (Phi) is 4.95. The molecule has 4 atom stereocenters. The zero-order chi connectivity index (χ0) is 17.5. The summed E-state index contributed by atoms with van der Waals surface area (Å²) in [5.41, 5.74) is 1.36. The molecular weight excluding hydrogens is 314 g/mol. The maximum Gasteiger partial charge on any atom is 0.192 e. The van der Waals surface area contributed by atoms with Gasteiger partial charge in [0, 0.05) is 18.6 Å². The molecule has 3 nitrogen and oxygen atoms in total. The number of piperidine rings is 1. The minimum absolute atomic E-state index is 0.167. The molecule has 4 heteroatoms. The number of hydrogen-bond donors (Lipinski definition) is 1. The first-order chi connectivity index (χ1) is 11.2. The molecule has 1 aromatic carbocycles. The van der Waals surface area contributed by atoms with Crippen LogP contribution < -0.4 is 0 Å². The molecule has 0 spiro atoms. The number of aliphatic hydroxyl groups is 1. The molecule has 0 aliphatic carbocycles. The molecule has 1 N–H and O–H groups in total. The summed E-state index contributed by atoms with van der Waals surface area (Å²) >= 11 is 0. The fraction of sp³-hybridized carbons (Fsp3) is 0.700. The maximum absolute atomic E-state index is 10.3. The third kappa shape index (κ3) is 3.62. The Morgan fingerprint density at radius 2 is 1.79 bits per heavy atom. The normalized spacial score (nSPS) is 31.4. The third-order valence-electron chi connectivity index (χ3n) is 6.35. The Bertz CT molecular complexity index is 555. The highest BCUT2D eigenvalue weighted by Gasteiger charge is 2.50. The van der Waals surface area contributed by atoms with Gasteiger partial charge in [-0.15, -0.1) is 0 Å². The van der Waals surface area contributed by atoms with Crippen molar-refractivity contribution in [2.45, 2.75) is 89.0 Å². The largest absolute Gasteiger partial charge is 0.412 e. The van der Waals surface area contributed by atoms with Crippen LogP contribution in [0.15, 0.2) is 30.3 Å². The molecule has 1 unspecified atom stereocenters. The highest BCUT2D eigenvalue weighted by molar-refractivity contribution is 6.74. The summed E-state index contributed by atoms with van der Waals surface area (Å²) in [4.78, 5) is 2.60. The van der Waals surface area contributed by atoms with E-state index in [1.54, 1.807) is 0 Å². The SMILES string of the molecule is CC(C)(C)[Si](C)(C)OC1C[C@@H]2C[C@@H](O)C[C@H]1N2Cc1ccccc1. The Morgan fingerprint density at radius 3 is 2.42 bits per heavy atom. The molecule has 2 bridgehead atoms. The van der Waals surface area contributed by atoms with Gasteiger partial charge in [-0.3, -0.25) is 4.90 Å². The number of nitrogens with zero attached hydrogens (tertiary/aromatic N) is 1. The van der Waals surface area contributed by atoms with Crippen LogP contribution in [0.3, 0.4) is 0 Å². The molecule has 0 aromatic heterocycles. The van der Waals surface area contributed by atoms with Gasteiger partial charge in [0.15, 0.2) is 8.32 Å². The molecule has 24 heavy (non-hydrogen) atoms. The summed E-state index contributed by atoms with van der Waals surface area (Å²) in [6.07, 6.45) is 2.92. The molecule has 2 aliphatic heterocycles. The van der Waals surface area contributed by atoms with E-state index >= 15 is 0 Å². The molecule has 3 rings (SSSR count). The molecule has 0 saturated carbocycles. The van der Waals surface area contributed by atoms with Gasteiger partial charge in [-0.1, -0.05) is 51.1 Å². The van der Waals surface area contributed by atoms with E-state index in [9.17, 15) is 5.11 Å². The minimum atomic E-state index is -1.78. The molecule has 2 fully saturated rings. The monoisotopic (exact) mass is 347 g/mol. The van der Waals surface area contributed by atoms with Crippen LogP contribution >= 0.6 is 0 Å². The van der Waals surface area contributed by atoms with E-state index < -0.39 is 8.32 Å². The fourth-order valence-electron chi connectivity index (χ4n) is 3.98. The second-order valence-corrected chi connectivity index (χ2v) is 13.9. The Labute approximate surface area is 148 Å². The predicted octanol–water partition coefficient (Wildman–Crippen LogP) is 4.17. The average molecular weight is 348 g/mol. The van der Waals surface area contributed by atoms with E-state index in [2.05, 4.69) is 69.1 Å². The first kappa shape index (κ1) is 18.1. The Hall–Kier alpha value is -0.683. The van der Waals surface area contributed by atoms with Gasteiger partial charge in [0.2, 0.25) is 0 Å². The van der Waals surface area contributed by atoms with E-state index in [0.717, 1.165) is 25.8 Å². The van der Waals surface area contributed by atoms with Crippen molar-refractivity contribution in [3.05, 3.63) is 35.9 Å². The van der Waals surface area contributed by atoms with E-state index in [0.29, 0.717) is 12.1 Å². The lowest BCUT2D eigenvalue weighted by Crippen LogP contribution is -2.50. The lowest BCUT2D eigenvalue weighted by molar-refractivity contribution is 0.0123. The smallest absolute Gasteiger partial charge is 0.192 e. The summed E-state index contributed by atoms with van der Waals surface area (Å²) in [6.45, 7) is 12.6. The molecule has 1 aromatic rings. The van der Waals surface area contributed by atoms with Crippen LogP contribution in [0.2, 0.25) is 18.1 Å². The van der Waals surface area contributed by atoms with Crippen LogP contribution in [0.5, 0.6) is 0 Å². The molecule has 134 valence electrons. The first-order valence-electron chi connectivity index (χ1n) is 9.33. The zero-order valence-corrected chi connectivity index (χ0v) is 16.8. The number of hydrogen-bond acceptors (Lipinski definition) is 3. The number of rotatable bonds is 4. The summed E-state index contributed by atoms with van der Waals surface area (Å²) in [6, 6.07) is 11.5. The third-order valence-corrected chi connectivity index (χ3v) is 10.9. The quantitative estimate of drug-likeness (QED) is 0.830. The number of aliphatic hydroxyl groups excluding tert-OH is 1. The van der Waals surface area contributed by atoms with Crippen LogP contribution in [0.25, 0.3) is 0 Å². The van der Waals surface area contributed by atoms with Crippen LogP contribution in [-0.2, 0) is 11.0 Å². The van der Waals surface area contributed by atoms with Crippen molar-refractivity contribution < 1.29 is 9.53 Å². The van der Waals surface area contributed by atoms with Gasteiger partial charge in [0.1, 0.15) is 0 Å². The lowest BCUT2D eigenvalue weighted by atomic mass is 9.99. The van der Waals surface area contributed by atoms with Gasteiger partial charge in [-0.05, 0) is 43.0 Å². The topological polar surface area (TPSA) is 32.7 Å². The maximum atomic E-state index is 10.3. The van der Waals surface area contributed by atoms with Gasteiger partial charge in [-0.2, -0.15) is 0 Å². The van der Waals surface area contributed by atoms with Crippen LogP contribution in [-0.4, -0.2) is 42.6 Å². The van der Waals surface area contributed by atoms with E-state index in [1.807, 2.05) is 0 Å². The van der Waals surface area contributed by atoms with Crippen molar-refractivity contribution in [1.82, 2.24) is 4.90 Å². The van der Waals surface area contributed by atoms with Gasteiger partial charge < -0.3 is 9.53 Å². The van der Waals surface area contributed by atoms with Crippen LogP contribution in [0.1, 0.15) is 45.6 Å². The number of benzene rings is 1. The van der Waals surface area contributed by atoms with Crippen molar-refractivity contribution in [2.75, 3.05) is 0 Å². The van der Waals surface area contributed by atoms with Gasteiger partial charge >= 0.3 is 0 Å².